The fraction of sp³-hybridized carbons (Fsp3) is 0.562. The molecule has 1 aliphatic rings. The number of aliphatic hydroxyl groups excluding tert-OH is 1. The molecule has 3 nitrogen and oxygen atoms in total. The van der Waals surface area contributed by atoms with Crippen molar-refractivity contribution in [2.24, 2.45) is 5.92 Å². The molecule has 0 saturated carbocycles. The summed E-state index contributed by atoms with van der Waals surface area (Å²) >= 11 is 0. The van der Waals surface area contributed by atoms with Crippen molar-refractivity contribution in [3.05, 3.63) is 35.6 Å². The third-order valence-corrected chi connectivity index (χ3v) is 4.12. The van der Waals surface area contributed by atoms with Gasteiger partial charge < -0.3 is 10.0 Å². The predicted octanol–water partition coefficient (Wildman–Crippen LogP) is 2.38. The monoisotopic (exact) mass is 279 g/mol. The molecular formula is C16H22FNO2. The molecule has 0 aliphatic carbocycles. The Kier molecular flexibility index (Phi) is 5.12. The van der Waals surface area contributed by atoms with E-state index in [1.807, 2.05) is 11.8 Å². The molecule has 1 aromatic rings. The van der Waals surface area contributed by atoms with Crippen LogP contribution in [0.4, 0.5) is 4.39 Å². The summed E-state index contributed by atoms with van der Waals surface area (Å²) in [5, 5.41) is 9.83. The molecule has 4 heteroatoms. The van der Waals surface area contributed by atoms with Gasteiger partial charge in [-0.15, -0.1) is 0 Å². The zero-order chi connectivity index (χ0) is 14.5. The number of hydrogen-bond donors (Lipinski definition) is 1. The lowest BCUT2D eigenvalue weighted by Gasteiger charge is -2.34. The van der Waals surface area contributed by atoms with E-state index in [4.69, 9.17) is 0 Å². The van der Waals surface area contributed by atoms with E-state index in [-0.39, 0.29) is 17.8 Å². The highest BCUT2D eigenvalue weighted by Gasteiger charge is 2.26. The number of amides is 1. The molecule has 110 valence electrons. The Bertz CT molecular complexity index is 438. The van der Waals surface area contributed by atoms with E-state index in [9.17, 15) is 14.3 Å². The van der Waals surface area contributed by atoms with E-state index in [2.05, 4.69) is 0 Å². The number of hydrogen-bond acceptors (Lipinski definition) is 2. The van der Waals surface area contributed by atoms with Gasteiger partial charge in [0.2, 0.25) is 5.91 Å². The van der Waals surface area contributed by atoms with Crippen molar-refractivity contribution >= 4 is 5.91 Å². The summed E-state index contributed by atoms with van der Waals surface area (Å²) in [6.45, 7) is 3.40. The number of halogens is 1. The van der Waals surface area contributed by atoms with Gasteiger partial charge in [-0.1, -0.05) is 19.1 Å². The van der Waals surface area contributed by atoms with Gasteiger partial charge in [0.05, 0.1) is 12.5 Å². The molecule has 2 rings (SSSR count). The first-order chi connectivity index (χ1) is 9.60. The molecule has 0 radical (unpaired) electrons. The molecule has 1 fully saturated rings. The minimum Gasteiger partial charge on any atom is -0.393 e. The van der Waals surface area contributed by atoms with Gasteiger partial charge in [-0.2, -0.15) is 0 Å². The third kappa shape index (κ3) is 3.79. The molecule has 1 heterocycles. The second kappa shape index (κ2) is 6.84. The Morgan fingerprint density at radius 3 is 2.50 bits per heavy atom. The average molecular weight is 279 g/mol. The van der Waals surface area contributed by atoms with Crippen LogP contribution in [0.25, 0.3) is 0 Å². The molecule has 1 N–H and O–H groups in total. The zero-order valence-electron chi connectivity index (χ0n) is 11.9. The van der Waals surface area contributed by atoms with Crippen molar-refractivity contribution in [1.29, 1.82) is 0 Å². The van der Waals surface area contributed by atoms with E-state index < -0.39 is 0 Å². The highest BCUT2D eigenvalue weighted by atomic mass is 19.1. The highest BCUT2D eigenvalue weighted by Crippen LogP contribution is 2.22. The second-order valence-electron chi connectivity index (χ2n) is 5.50. The standard InChI is InChI=1S/C16H22FNO2/c1-2-15(19)13-7-9-18(10-8-13)16(20)11-12-3-5-14(17)6-4-12/h3-6,13,15,19H,2,7-11H2,1H3. The van der Waals surface area contributed by atoms with Gasteiger partial charge in [0.15, 0.2) is 0 Å². The molecule has 1 aliphatic heterocycles. The van der Waals surface area contributed by atoms with Crippen LogP contribution in [0.15, 0.2) is 24.3 Å². The maximum absolute atomic E-state index is 12.8. The van der Waals surface area contributed by atoms with Crippen LogP contribution < -0.4 is 0 Å². The molecule has 1 atom stereocenters. The van der Waals surface area contributed by atoms with Gasteiger partial charge in [0.25, 0.3) is 0 Å². The number of carbonyl (C=O) groups is 1. The van der Waals surface area contributed by atoms with Crippen LogP contribution in [0, 0.1) is 11.7 Å². The van der Waals surface area contributed by atoms with E-state index in [0.29, 0.717) is 25.4 Å². The van der Waals surface area contributed by atoms with Crippen molar-refractivity contribution in [3.63, 3.8) is 0 Å². The fourth-order valence-corrected chi connectivity index (χ4v) is 2.76. The molecule has 0 spiro atoms. The van der Waals surface area contributed by atoms with Crippen LogP contribution in [-0.4, -0.2) is 35.1 Å². The van der Waals surface area contributed by atoms with Crippen molar-refractivity contribution in [3.8, 4) is 0 Å². The first-order valence-corrected chi connectivity index (χ1v) is 7.30. The lowest BCUT2D eigenvalue weighted by molar-refractivity contribution is -0.132. The summed E-state index contributed by atoms with van der Waals surface area (Å²) < 4.78 is 12.8. The average Bonchev–Trinajstić information content (AvgIpc) is 2.49. The Labute approximate surface area is 119 Å². The molecular weight excluding hydrogens is 257 g/mol. The number of likely N-dealkylation sites (tertiary alicyclic amines) is 1. The number of carbonyl (C=O) groups excluding carboxylic acids is 1. The summed E-state index contributed by atoms with van der Waals surface area (Å²) in [7, 11) is 0. The molecule has 1 amide bonds. The summed E-state index contributed by atoms with van der Waals surface area (Å²) in [6, 6.07) is 6.07. The predicted molar refractivity (Wildman–Crippen MR) is 75.7 cm³/mol. The van der Waals surface area contributed by atoms with Crippen LogP contribution in [-0.2, 0) is 11.2 Å². The first kappa shape index (κ1) is 15.0. The Balaban J connectivity index is 1.84. The number of benzene rings is 1. The SMILES string of the molecule is CCC(O)C1CCN(C(=O)Cc2ccc(F)cc2)CC1. The van der Waals surface area contributed by atoms with Gasteiger partial charge in [0.1, 0.15) is 5.82 Å². The summed E-state index contributed by atoms with van der Waals surface area (Å²) in [4.78, 5) is 14.0. The van der Waals surface area contributed by atoms with Crippen LogP contribution >= 0.6 is 0 Å². The Hall–Kier alpha value is -1.42. The largest absolute Gasteiger partial charge is 0.393 e. The van der Waals surface area contributed by atoms with E-state index in [0.717, 1.165) is 24.8 Å². The fourth-order valence-electron chi connectivity index (χ4n) is 2.76. The summed E-state index contributed by atoms with van der Waals surface area (Å²) in [5.41, 5.74) is 0.840. The normalized spacial score (nSPS) is 18.1. The lowest BCUT2D eigenvalue weighted by atomic mass is 9.90. The highest BCUT2D eigenvalue weighted by molar-refractivity contribution is 5.78. The lowest BCUT2D eigenvalue weighted by Crippen LogP contribution is -2.41. The minimum atomic E-state index is -0.282. The van der Waals surface area contributed by atoms with Crippen molar-refractivity contribution in [1.82, 2.24) is 4.90 Å². The topological polar surface area (TPSA) is 40.5 Å². The first-order valence-electron chi connectivity index (χ1n) is 7.30. The van der Waals surface area contributed by atoms with Gasteiger partial charge in [-0.05, 0) is 42.9 Å². The van der Waals surface area contributed by atoms with Crippen molar-refractivity contribution in [2.45, 2.75) is 38.7 Å². The van der Waals surface area contributed by atoms with E-state index in [1.165, 1.54) is 12.1 Å². The van der Waals surface area contributed by atoms with E-state index in [1.54, 1.807) is 12.1 Å². The quantitative estimate of drug-likeness (QED) is 0.919. The molecule has 0 bridgehead atoms. The van der Waals surface area contributed by atoms with Gasteiger partial charge >= 0.3 is 0 Å². The van der Waals surface area contributed by atoms with E-state index >= 15 is 0 Å². The smallest absolute Gasteiger partial charge is 0.226 e. The zero-order valence-corrected chi connectivity index (χ0v) is 11.9. The molecule has 0 aromatic heterocycles. The Morgan fingerprint density at radius 2 is 1.95 bits per heavy atom. The maximum atomic E-state index is 12.8. The van der Waals surface area contributed by atoms with Crippen LogP contribution in [0.3, 0.4) is 0 Å². The molecule has 1 saturated heterocycles. The van der Waals surface area contributed by atoms with Crippen LogP contribution in [0.2, 0.25) is 0 Å². The second-order valence-corrected chi connectivity index (χ2v) is 5.50. The van der Waals surface area contributed by atoms with Gasteiger partial charge in [-0.25, -0.2) is 4.39 Å². The Morgan fingerprint density at radius 1 is 1.35 bits per heavy atom. The minimum absolute atomic E-state index is 0.0843. The number of piperidine rings is 1. The molecule has 20 heavy (non-hydrogen) atoms. The number of nitrogens with zero attached hydrogens (tertiary/aromatic N) is 1. The molecule has 1 aromatic carbocycles. The maximum Gasteiger partial charge on any atom is 0.226 e. The van der Waals surface area contributed by atoms with Crippen LogP contribution in [0.5, 0.6) is 0 Å². The van der Waals surface area contributed by atoms with Crippen LogP contribution in [0.1, 0.15) is 31.7 Å². The number of rotatable bonds is 4. The van der Waals surface area contributed by atoms with Gasteiger partial charge in [0, 0.05) is 13.1 Å². The van der Waals surface area contributed by atoms with Gasteiger partial charge in [-0.3, -0.25) is 4.79 Å². The third-order valence-electron chi connectivity index (χ3n) is 4.12. The molecule has 1 unspecified atom stereocenters. The number of aliphatic hydroxyl groups is 1. The van der Waals surface area contributed by atoms with Crippen molar-refractivity contribution in [2.75, 3.05) is 13.1 Å². The summed E-state index contributed by atoms with van der Waals surface area (Å²) in [6.07, 6.45) is 2.58. The summed E-state index contributed by atoms with van der Waals surface area (Å²) in [5.74, 6) is 0.117. The van der Waals surface area contributed by atoms with Crippen molar-refractivity contribution < 1.29 is 14.3 Å².